The maximum Gasteiger partial charge on any atom is 0.305 e. The van der Waals surface area contributed by atoms with Crippen molar-refractivity contribution in [1.29, 1.82) is 0 Å². The van der Waals surface area contributed by atoms with Gasteiger partial charge < -0.3 is 14.9 Å². The second-order valence-electron chi connectivity index (χ2n) is 6.67. The number of ether oxygens (including phenoxy) is 1. The molecule has 2 N–H and O–H groups in total. The Balaban J connectivity index is 4.10. The van der Waals surface area contributed by atoms with Gasteiger partial charge in [-0.1, -0.05) is 79.8 Å². The average molecular weight is 389 g/mol. The number of methoxy groups -OCH3 is 1. The molecule has 4 nitrogen and oxygen atoms in total. The van der Waals surface area contributed by atoms with Gasteiger partial charge in [0.05, 0.1) is 18.8 Å². The Kier molecular flexibility index (Phi) is 15.6. The zero-order valence-electron chi connectivity index (χ0n) is 17.5. The van der Waals surface area contributed by atoms with E-state index in [4.69, 9.17) is 0 Å². The lowest BCUT2D eigenvalue weighted by Crippen LogP contribution is -2.18. The number of allylic oxidation sites excluding steroid dienone is 8. The molecule has 0 heterocycles. The van der Waals surface area contributed by atoms with Gasteiger partial charge in [0, 0.05) is 6.42 Å². The Morgan fingerprint density at radius 3 is 2.46 bits per heavy atom. The Morgan fingerprint density at radius 1 is 1.04 bits per heavy atom. The van der Waals surface area contributed by atoms with E-state index in [9.17, 15) is 15.0 Å². The van der Waals surface area contributed by atoms with E-state index < -0.39 is 11.7 Å². The highest BCUT2D eigenvalue weighted by Crippen LogP contribution is 2.12. The molecule has 2 atom stereocenters. The molecular formula is C24H36O4. The van der Waals surface area contributed by atoms with Crippen LogP contribution in [-0.2, 0) is 9.53 Å². The van der Waals surface area contributed by atoms with E-state index in [2.05, 4.69) is 29.9 Å². The van der Waals surface area contributed by atoms with E-state index in [0.717, 1.165) is 12.8 Å². The molecule has 0 rings (SSSR count). The summed E-state index contributed by atoms with van der Waals surface area (Å²) in [7, 11) is 1.37. The molecule has 0 spiro atoms. The van der Waals surface area contributed by atoms with Crippen molar-refractivity contribution in [2.75, 3.05) is 7.11 Å². The second kappa shape index (κ2) is 17.0. The molecule has 0 saturated heterocycles. The smallest absolute Gasteiger partial charge is 0.305 e. The van der Waals surface area contributed by atoms with Crippen LogP contribution in [0.4, 0.5) is 0 Å². The van der Waals surface area contributed by atoms with Crippen LogP contribution < -0.4 is 0 Å². The van der Waals surface area contributed by atoms with Gasteiger partial charge in [-0.2, -0.15) is 0 Å². The van der Waals surface area contributed by atoms with Gasteiger partial charge in [0.1, 0.15) is 0 Å². The standard InChI is InChI=1S/C24H36O4/c1-4-5-6-7-9-15-20-24(2,27)21-16-10-8-12-17-22(25)18-13-11-14-19-23(26)28-3/h5-6,8-13,15-17,21-22,25,27H,4,7,14,18-20H2,1-3H3/b6-5-,10-8+,13-11-,15-9-,17-12+,21-16-/t22-,24?/m1/s1. The summed E-state index contributed by atoms with van der Waals surface area (Å²) in [4.78, 5) is 10.9. The first-order chi connectivity index (χ1) is 13.4. The van der Waals surface area contributed by atoms with Crippen molar-refractivity contribution in [3.8, 4) is 0 Å². The molecule has 0 bridgehead atoms. The molecule has 0 fully saturated rings. The van der Waals surface area contributed by atoms with Crippen molar-refractivity contribution in [2.45, 2.75) is 64.1 Å². The first-order valence-corrected chi connectivity index (χ1v) is 9.86. The molecule has 0 amide bonds. The Bertz CT molecular complexity index is 577. The van der Waals surface area contributed by atoms with Crippen molar-refractivity contribution < 1.29 is 19.7 Å². The highest BCUT2D eigenvalue weighted by Gasteiger charge is 2.12. The summed E-state index contributed by atoms with van der Waals surface area (Å²) in [6, 6.07) is 0. The van der Waals surface area contributed by atoms with Crippen molar-refractivity contribution in [2.24, 2.45) is 0 Å². The van der Waals surface area contributed by atoms with Crippen LogP contribution in [0.3, 0.4) is 0 Å². The monoisotopic (exact) mass is 388 g/mol. The third-order valence-electron chi connectivity index (χ3n) is 3.78. The third kappa shape index (κ3) is 17.3. The molecular weight excluding hydrogens is 352 g/mol. The van der Waals surface area contributed by atoms with Gasteiger partial charge in [0.15, 0.2) is 0 Å². The van der Waals surface area contributed by atoms with E-state index in [1.54, 1.807) is 31.2 Å². The molecule has 28 heavy (non-hydrogen) atoms. The molecule has 0 aromatic heterocycles. The highest BCUT2D eigenvalue weighted by molar-refractivity contribution is 5.69. The van der Waals surface area contributed by atoms with Crippen molar-refractivity contribution >= 4 is 5.97 Å². The van der Waals surface area contributed by atoms with Crippen molar-refractivity contribution in [3.63, 3.8) is 0 Å². The fourth-order valence-electron chi connectivity index (χ4n) is 2.15. The van der Waals surface area contributed by atoms with E-state index in [-0.39, 0.29) is 5.97 Å². The van der Waals surface area contributed by atoms with Gasteiger partial charge in [-0.25, -0.2) is 0 Å². The third-order valence-corrected chi connectivity index (χ3v) is 3.78. The van der Waals surface area contributed by atoms with Crippen LogP contribution in [0.1, 0.15) is 52.4 Å². The molecule has 1 unspecified atom stereocenters. The quantitative estimate of drug-likeness (QED) is 0.250. The summed E-state index contributed by atoms with van der Waals surface area (Å²) < 4.78 is 4.55. The Morgan fingerprint density at radius 2 is 1.75 bits per heavy atom. The zero-order valence-corrected chi connectivity index (χ0v) is 17.5. The van der Waals surface area contributed by atoms with E-state index in [1.807, 2.05) is 30.4 Å². The lowest BCUT2D eigenvalue weighted by atomic mass is 10.0. The topological polar surface area (TPSA) is 66.8 Å². The largest absolute Gasteiger partial charge is 0.469 e. The van der Waals surface area contributed by atoms with Gasteiger partial charge in [0.25, 0.3) is 0 Å². The molecule has 0 saturated carbocycles. The van der Waals surface area contributed by atoms with Crippen LogP contribution in [0.15, 0.2) is 72.9 Å². The van der Waals surface area contributed by atoms with E-state index in [1.165, 1.54) is 7.11 Å². The van der Waals surface area contributed by atoms with Crippen LogP contribution in [0.2, 0.25) is 0 Å². The van der Waals surface area contributed by atoms with Gasteiger partial charge in [-0.15, -0.1) is 0 Å². The Labute approximate surface area is 170 Å². The van der Waals surface area contributed by atoms with Gasteiger partial charge >= 0.3 is 5.97 Å². The number of hydrogen-bond acceptors (Lipinski definition) is 4. The number of aliphatic hydroxyl groups excluding tert-OH is 1. The lowest BCUT2D eigenvalue weighted by Gasteiger charge is -2.15. The molecule has 0 aliphatic heterocycles. The normalized spacial score (nSPS) is 16.3. The number of rotatable bonds is 14. The lowest BCUT2D eigenvalue weighted by molar-refractivity contribution is -0.140. The summed E-state index contributed by atoms with van der Waals surface area (Å²) >= 11 is 0. The van der Waals surface area contributed by atoms with Crippen molar-refractivity contribution in [3.05, 3.63) is 72.9 Å². The molecule has 156 valence electrons. The van der Waals surface area contributed by atoms with Gasteiger partial charge in [0.2, 0.25) is 0 Å². The molecule has 0 radical (unpaired) electrons. The molecule has 0 aliphatic rings. The minimum Gasteiger partial charge on any atom is -0.469 e. The molecule has 0 aromatic carbocycles. The van der Waals surface area contributed by atoms with Crippen LogP contribution in [0.25, 0.3) is 0 Å². The predicted octanol–water partition coefficient (Wildman–Crippen LogP) is 4.97. The fourth-order valence-corrected chi connectivity index (χ4v) is 2.15. The maximum atomic E-state index is 10.9. The van der Waals surface area contributed by atoms with Gasteiger partial charge in [-0.05, 0) is 39.0 Å². The predicted molar refractivity (Wildman–Crippen MR) is 117 cm³/mol. The summed E-state index contributed by atoms with van der Waals surface area (Å²) in [6.45, 7) is 3.88. The number of carbonyl (C=O) groups is 1. The number of carbonyl (C=O) groups excluding carboxylic acids is 1. The summed E-state index contributed by atoms with van der Waals surface area (Å²) in [5.74, 6) is -0.234. The zero-order chi connectivity index (χ0) is 21.1. The number of aliphatic hydroxyl groups is 2. The van der Waals surface area contributed by atoms with Crippen molar-refractivity contribution in [1.82, 2.24) is 0 Å². The summed E-state index contributed by atoms with van der Waals surface area (Å²) in [6.07, 6.45) is 26.0. The molecule has 4 heteroatoms. The number of esters is 1. The number of hydrogen-bond donors (Lipinski definition) is 2. The minimum atomic E-state index is -0.881. The second-order valence-corrected chi connectivity index (χ2v) is 6.67. The summed E-state index contributed by atoms with van der Waals surface area (Å²) in [5, 5.41) is 20.1. The van der Waals surface area contributed by atoms with Crippen LogP contribution in [0, 0.1) is 0 Å². The van der Waals surface area contributed by atoms with Gasteiger partial charge in [-0.3, -0.25) is 4.79 Å². The van der Waals surface area contributed by atoms with Crippen LogP contribution >= 0.6 is 0 Å². The maximum absolute atomic E-state index is 10.9. The van der Waals surface area contributed by atoms with E-state index in [0.29, 0.717) is 25.7 Å². The average Bonchev–Trinajstić information content (AvgIpc) is 2.66. The first kappa shape index (κ1) is 25.8. The SMILES string of the molecule is CC/C=C\C/C=C\CC(C)(O)\C=C/C=C/C=C/[C@@H](O)C/C=C\CCC(=O)OC. The first-order valence-electron chi connectivity index (χ1n) is 9.86. The minimum absolute atomic E-state index is 0.234. The Hall–Kier alpha value is -2.17. The van der Waals surface area contributed by atoms with E-state index >= 15 is 0 Å². The molecule has 0 aromatic rings. The summed E-state index contributed by atoms with van der Waals surface area (Å²) in [5.41, 5.74) is -0.881. The fraction of sp³-hybridized carbons (Fsp3) is 0.458. The van der Waals surface area contributed by atoms with Crippen LogP contribution in [-0.4, -0.2) is 35.0 Å². The van der Waals surface area contributed by atoms with Crippen LogP contribution in [0.5, 0.6) is 0 Å². The molecule has 0 aliphatic carbocycles. The highest BCUT2D eigenvalue weighted by atomic mass is 16.5.